The Hall–Kier alpha value is -1.91. The number of nitrogens with one attached hydrogen (secondary N) is 1. The van der Waals surface area contributed by atoms with Crippen LogP contribution in [0.25, 0.3) is 0 Å². The van der Waals surface area contributed by atoms with Crippen LogP contribution in [-0.4, -0.2) is 18.0 Å². The molecule has 0 heterocycles. The Morgan fingerprint density at radius 1 is 1.50 bits per heavy atom. The van der Waals surface area contributed by atoms with Crippen LogP contribution < -0.4 is 5.48 Å². The molecule has 0 spiro atoms. The molecule has 0 bridgehead atoms. The van der Waals surface area contributed by atoms with E-state index in [1.54, 1.807) is 24.3 Å². The number of carbonyl (C=O) groups is 1. The van der Waals surface area contributed by atoms with E-state index in [0.717, 1.165) is 0 Å². The van der Waals surface area contributed by atoms with E-state index in [1.807, 2.05) is 6.07 Å². The first kappa shape index (κ1) is 12.5. The highest BCUT2D eigenvalue weighted by Gasteiger charge is 2.41. The standard InChI is InChI=1S/C14H15NO3/c1-3-8-14(15-18-2)11-7-5-4-6-10(11)12(16)9-13(14)17/h3-7,9,15,17H,1,8H2,2H3. The summed E-state index contributed by atoms with van der Waals surface area (Å²) in [6.45, 7) is 3.69. The zero-order chi connectivity index (χ0) is 13.2. The molecule has 0 aliphatic heterocycles. The largest absolute Gasteiger partial charge is 0.510 e. The zero-order valence-corrected chi connectivity index (χ0v) is 10.1. The summed E-state index contributed by atoms with van der Waals surface area (Å²) in [6.07, 6.45) is 3.30. The molecule has 0 aromatic heterocycles. The second-order valence-corrected chi connectivity index (χ2v) is 4.14. The van der Waals surface area contributed by atoms with Gasteiger partial charge in [0.25, 0.3) is 0 Å². The third kappa shape index (κ3) is 1.75. The molecule has 0 radical (unpaired) electrons. The fraction of sp³-hybridized carbons (Fsp3) is 0.214. The van der Waals surface area contributed by atoms with E-state index in [1.165, 1.54) is 13.2 Å². The molecule has 0 saturated heterocycles. The van der Waals surface area contributed by atoms with E-state index in [-0.39, 0.29) is 11.5 Å². The Bertz CT molecular complexity index is 522. The summed E-state index contributed by atoms with van der Waals surface area (Å²) >= 11 is 0. The van der Waals surface area contributed by atoms with E-state index in [9.17, 15) is 9.90 Å². The van der Waals surface area contributed by atoms with Gasteiger partial charge in [0, 0.05) is 11.6 Å². The zero-order valence-electron chi connectivity index (χ0n) is 10.1. The lowest BCUT2D eigenvalue weighted by Gasteiger charge is -2.36. The summed E-state index contributed by atoms with van der Waals surface area (Å²) in [5.74, 6) is -0.270. The smallest absolute Gasteiger partial charge is 0.189 e. The minimum Gasteiger partial charge on any atom is -0.510 e. The quantitative estimate of drug-likeness (QED) is 0.631. The van der Waals surface area contributed by atoms with Gasteiger partial charge >= 0.3 is 0 Å². The van der Waals surface area contributed by atoms with E-state index in [4.69, 9.17) is 4.84 Å². The lowest BCUT2D eigenvalue weighted by atomic mass is 9.77. The van der Waals surface area contributed by atoms with Crippen LogP contribution in [0.15, 0.2) is 48.8 Å². The van der Waals surface area contributed by atoms with Gasteiger partial charge in [-0.2, -0.15) is 5.48 Å². The summed E-state index contributed by atoms with van der Waals surface area (Å²) in [5, 5.41) is 10.1. The maximum atomic E-state index is 11.9. The van der Waals surface area contributed by atoms with Gasteiger partial charge in [-0.1, -0.05) is 30.3 Å². The van der Waals surface area contributed by atoms with Gasteiger partial charge in [-0.15, -0.1) is 6.58 Å². The normalized spacial score (nSPS) is 22.3. The number of hydroxylamine groups is 1. The first-order chi connectivity index (χ1) is 8.65. The van der Waals surface area contributed by atoms with Gasteiger partial charge in [0.1, 0.15) is 11.3 Å². The van der Waals surface area contributed by atoms with Crippen LogP contribution in [0.3, 0.4) is 0 Å². The van der Waals surface area contributed by atoms with Crippen LogP contribution in [0.4, 0.5) is 0 Å². The molecule has 1 aromatic rings. The number of ketones is 1. The van der Waals surface area contributed by atoms with Gasteiger partial charge in [0.2, 0.25) is 0 Å². The highest BCUT2D eigenvalue weighted by molar-refractivity contribution is 6.07. The minimum atomic E-state index is -0.943. The van der Waals surface area contributed by atoms with Crippen molar-refractivity contribution in [1.82, 2.24) is 5.48 Å². The first-order valence-electron chi connectivity index (χ1n) is 5.61. The third-order valence-corrected chi connectivity index (χ3v) is 3.08. The van der Waals surface area contributed by atoms with Gasteiger partial charge in [-0.25, -0.2) is 0 Å². The molecule has 2 rings (SSSR count). The lowest BCUT2D eigenvalue weighted by molar-refractivity contribution is 0.00792. The number of hydrogen-bond donors (Lipinski definition) is 2. The van der Waals surface area contributed by atoms with E-state index >= 15 is 0 Å². The number of carbonyl (C=O) groups excluding carboxylic acids is 1. The van der Waals surface area contributed by atoms with Gasteiger partial charge in [-0.3, -0.25) is 4.79 Å². The summed E-state index contributed by atoms with van der Waals surface area (Å²) < 4.78 is 0. The molecule has 1 aliphatic rings. The Balaban J connectivity index is 2.66. The second-order valence-electron chi connectivity index (χ2n) is 4.14. The van der Waals surface area contributed by atoms with Crippen molar-refractivity contribution in [3.05, 3.63) is 59.9 Å². The number of aliphatic hydroxyl groups excluding tert-OH is 1. The molecule has 0 saturated carbocycles. The predicted molar refractivity (Wildman–Crippen MR) is 68.1 cm³/mol. The van der Waals surface area contributed by atoms with Crippen LogP contribution in [0.5, 0.6) is 0 Å². The van der Waals surface area contributed by atoms with Gasteiger partial charge in [-0.05, 0) is 12.0 Å². The Morgan fingerprint density at radius 2 is 2.22 bits per heavy atom. The van der Waals surface area contributed by atoms with Gasteiger partial charge in [0.15, 0.2) is 5.78 Å². The molecular formula is C14H15NO3. The van der Waals surface area contributed by atoms with E-state index in [2.05, 4.69) is 12.1 Å². The molecule has 1 aliphatic carbocycles. The fourth-order valence-corrected chi connectivity index (χ4v) is 2.29. The summed E-state index contributed by atoms with van der Waals surface area (Å²) in [7, 11) is 1.47. The molecule has 1 unspecified atom stereocenters. The number of aliphatic hydroxyl groups is 1. The Kier molecular flexibility index (Phi) is 3.32. The summed E-state index contributed by atoms with van der Waals surface area (Å²) in [4.78, 5) is 16.9. The summed E-state index contributed by atoms with van der Waals surface area (Å²) in [6, 6.07) is 7.14. The highest BCUT2D eigenvalue weighted by Crippen LogP contribution is 2.38. The Morgan fingerprint density at radius 3 is 2.89 bits per heavy atom. The SMILES string of the molecule is C=CCC1(NOC)C(O)=CC(=O)c2ccccc21. The van der Waals surface area contributed by atoms with Crippen molar-refractivity contribution in [1.29, 1.82) is 0 Å². The van der Waals surface area contributed by atoms with Crippen molar-refractivity contribution in [2.45, 2.75) is 12.0 Å². The summed E-state index contributed by atoms with van der Waals surface area (Å²) in [5.41, 5.74) is 3.09. The van der Waals surface area contributed by atoms with Crippen molar-refractivity contribution in [3.63, 3.8) is 0 Å². The second kappa shape index (κ2) is 4.76. The van der Waals surface area contributed by atoms with E-state index in [0.29, 0.717) is 17.5 Å². The van der Waals surface area contributed by atoms with Crippen molar-refractivity contribution >= 4 is 5.78 Å². The van der Waals surface area contributed by atoms with Gasteiger partial charge < -0.3 is 9.94 Å². The van der Waals surface area contributed by atoms with Crippen LogP contribution in [0.1, 0.15) is 22.3 Å². The monoisotopic (exact) mass is 245 g/mol. The first-order valence-corrected chi connectivity index (χ1v) is 5.61. The minimum absolute atomic E-state index is 0.0621. The van der Waals surface area contributed by atoms with Crippen LogP contribution in [-0.2, 0) is 10.4 Å². The van der Waals surface area contributed by atoms with E-state index < -0.39 is 5.54 Å². The average molecular weight is 245 g/mol. The molecule has 1 aromatic carbocycles. The Labute approximate surface area is 106 Å². The van der Waals surface area contributed by atoms with Crippen LogP contribution in [0, 0.1) is 0 Å². The molecule has 0 fully saturated rings. The van der Waals surface area contributed by atoms with Crippen molar-refractivity contribution in [2.75, 3.05) is 7.11 Å². The van der Waals surface area contributed by atoms with Crippen LogP contribution in [0.2, 0.25) is 0 Å². The number of fused-ring (bicyclic) bond motifs is 1. The molecule has 2 N–H and O–H groups in total. The van der Waals surface area contributed by atoms with Crippen LogP contribution >= 0.6 is 0 Å². The predicted octanol–water partition coefficient (Wildman–Crippen LogP) is 2.25. The topological polar surface area (TPSA) is 58.6 Å². The molecular weight excluding hydrogens is 230 g/mol. The maximum Gasteiger partial charge on any atom is 0.189 e. The molecule has 18 heavy (non-hydrogen) atoms. The average Bonchev–Trinajstić information content (AvgIpc) is 2.37. The van der Waals surface area contributed by atoms with Crippen molar-refractivity contribution in [2.24, 2.45) is 0 Å². The van der Waals surface area contributed by atoms with Crippen molar-refractivity contribution < 1.29 is 14.7 Å². The molecule has 94 valence electrons. The number of rotatable bonds is 4. The molecule has 1 atom stereocenters. The third-order valence-electron chi connectivity index (χ3n) is 3.08. The number of benzene rings is 1. The molecule has 4 nitrogen and oxygen atoms in total. The molecule has 4 heteroatoms. The van der Waals surface area contributed by atoms with Gasteiger partial charge in [0.05, 0.1) is 7.11 Å². The van der Waals surface area contributed by atoms with Crippen molar-refractivity contribution in [3.8, 4) is 0 Å². The molecule has 0 amide bonds. The highest BCUT2D eigenvalue weighted by atomic mass is 16.6. The maximum absolute atomic E-state index is 11.9. The number of allylic oxidation sites excluding steroid dienone is 1. The number of hydrogen-bond acceptors (Lipinski definition) is 4. The fourth-order valence-electron chi connectivity index (χ4n) is 2.29. The lowest BCUT2D eigenvalue weighted by Crippen LogP contribution is -2.46.